The molecule has 0 spiro atoms. The second-order valence-corrected chi connectivity index (χ2v) is 5.97. The van der Waals surface area contributed by atoms with Gasteiger partial charge in [-0.25, -0.2) is 4.98 Å². The van der Waals surface area contributed by atoms with Crippen molar-refractivity contribution in [2.45, 2.75) is 32.7 Å². The number of pyridine rings is 1. The lowest BCUT2D eigenvalue weighted by molar-refractivity contribution is 0.0762. The Labute approximate surface area is 131 Å². The summed E-state index contributed by atoms with van der Waals surface area (Å²) in [6.07, 6.45) is 10.2. The third-order valence-electron chi connectivity index (χ3n) is 4.44. The quantitative estimate of drug-likeness (QED) is 0.869. The molecule has 0 unspecified atom stereocenters. The predicted molar refractivity (Wildman–Crippen MR) is 84.6 cm³/mol. The van der Waals surface area contributed by atoms with Crippen molar-refractivity contribution in [3.63, 3.8) is 0 Å². The molecule has 5 heteroatoms. The average molecular weight is 298 g/mol. The van der Waals surface area contributed by atoms with Crippen LogP contribution in [0.25, 0.3) is 0 Å². The van der Waals surface area contributed by atoms with Gasteiger partial charge in [0.2, 0.25) is 0 Å². The molecule has 3 rings (SSSR count). The topological polar surface area (TPSA) is 51.0 Å². The number of aryl methyl sites for hydroxylation is 2. The second-order valence-electron chi connectivity index (χ2n) is 5.97. The maximum absolute atomic E-state index is 12.7. The molecular formula is C17H22N4O. The molecule has 1 aliphatic heterocycles. The van der Waals surface area contributed by atoms with Gasteiger partial charge >= 0.3 is 0 Å². The molecule has 0 aliphatic carbocycles. The van der Waals surface area contributed by atoms with Gasteiger partial charge in [0.25, 0.3) is 5.91 Å². The van der Waals surface area contributed by atoms with E-state index in [2.05, 4.69) is 21.5 Å². The number of fused-ring (bicyclic) bond motifs is 1. The molecule has 0 N–H and O–H groups in total. The first-order chi connectivity index (χ1) is 10.7. The standard InChI is InChI=1S/C17H22N4O/c1-3-14-11-18-6-4-15(14)17(22)20(2)12-13-5-8-21-9-7-19-16(21)10-13/h4,6-7,9,11,13H,3,5,8,10,12H2,1-2H3/t13-/m1/s1. The van der Waals surface area contributed by atoms with Crippen LogP contribution in [-0.2, 0) is 19.4 Å². The Morgan fingerprint density at radius 3 is 3.14 bits per heavy atom. The zero-order valence-electron chi connectivity index (χ0n) is 13.2. The number of imidazole rings is 1. The molecule has 1 atom stereocenters. The molecule has 116 valence electrons. The first kappa shape index (κ1) is 14.8. The van der Waals surface area contributed by atoms with Crippen LogP contribution in [0.15, 0.2) is 30.9 Å². The third kappa shape index (κ3) is 2.89. The van der Waals surface area contributed by atoms with E-state index in [1.807, 2.05) is 30.4 Å². The minimum Gasteiger partial charge on any atom is -0.341 e. The third-order valence-corrected chi connectivity index (χ3v) is 4.44. The summed E-state index contributed by atoms with van der Waals surface area (Å²) < 4.78 is 2.20. The number of rotatable bonds is 4. The minimum atomic E-state index is 0.0909. The Balaban J connectivity index is 1.67. The van der Waals surface area contributed by atoms with Crippen LogP contribution < -0.4 is 0 Å². The molecule has 5 nitrogen and oxygen atoms in total. The second kappa shape index (κ2) is 6.30. The van der Waals surface area contributed by atoms with Crippen molar-refractivity contribution in [1.29, 1.82) is 0 Å². The Hall–Kier alpha value is -2.17. The Morgan fingerprint density at radius 1 is 1.45 bits per heavy atom. The van der Waals surface area contributed by atoms with Gasteiger partial charge in [-0.1, -0.05) is 6.92 Å². The van der Waals surface area contributed by atoms with Crippen molar-refractivity contribution in [3.05, 3.63) is 47.8 Å². The van der Waals surface area contributed by atoms with Crippen molar-refractivity contribution < 1.29 is 4.79 Å². The summed E-state index contributed by atoms with van der Waals surface area (Å²) in [7, 11) is 1.89. The number of amides is 1. The summed E-state index contributed by atoms with van der Waals surface area (Å²) in [5, 5.41) is 0. The van der Waals surface area contributed by atoms with E-state index in [0.717, 1.165) is 49.3 Å². The van der Waals surface area contributed by atoms with Crippen LogP contribution in [0.5, 0.6) is 0 Å². The molecule has 0 radical (unpaired) electrons. The van der Waals surface area contributed by atoms with Crippen molar-refractivity contribution in [1.82, 2.24) is 19.4 Å². The van der Waals surface area contributed by atoms with E-state index in [1.165, 1.54) is 0 Å². The molecule has 0 aromatic carbocycles. The van der Waals surface area contributed by atoms with Gasteiger partial charge in [0, 0.05) is 56.9 Å². The summed E-state index contributed by atoms with van der Waals surface area (Å²) in [6.45, 7) is 3.82. The molecule has 1 amide bonds. The minimum absolute atomic E-state index is 0.0909. The van der Waals surface area contributed by atoms with Crippen molar-refractivity contribution in [3.8, 4) is 0 Å². The Bertz CT molecular complexity index is 664. The molecule has 0 bridgehead atoms. The number of carbonyl (C=O) groups excluding carboxylic acids is 1. The number of carbonyl (C=O) groups is 1. The van der Waals surface area contributed by atoms with Crippen LogP contribution in [0, 0.1) is 5.92 Å². The molecule has 0 fully saturated rings. The van der Waals surface area contributed by atoms with Gasteiger partial charge in [0.05, 0.1) is 0 Å². The first-order valence-electron chi connectivity index (χ1n) is 7.87. The summed E-state index contributed by atoms with van der Waals surface area (Å²) in [6, 6.07) is 1.82. The van der Waals surface area contributed by atoms with Gasteiger partial charge < -0.3 is 9.47 Å². The average Bonchev–Trinajstić information content (AvgIpc) is 3.01. The maximum Gasteiger partial charge on any atom is 0.253 e. The SMILES string of the molecule is CCc1cnccc1C(=O)N(C)C[C@@H]1CCn2ccnc2C1. The van der Waals surface area contributed by atoms with E-state index in [0.29, 0.717) is 5.92 Å². The monoisotopic (exact) mass is 298 g/mol. The Kier molecular flexibility index (Phi) is 4.22. The highest BCUT2D eigenvalue weighted by molar-refractivity contribution is 5.95. The van der Waals surface area contributed by atoms with Gasteiger partial charge in [0.1, 0.15) is 5.82 Å². The van der Waals surface area contributed by atoms with Gasteiger partial charge in [-0.15, -0.1) is 0 Å². The van der Waals surface area contributed by atoms with Gasteiger partial charge in [-0.3, -0.25) is 9.78 Å². The molecule has 2 aromatic heterocycles. The van der Waals surface area contributed by atoms with Gasteiger partial charge in [-0.2, -0.15) is 0 Å². The number of aromatic nitrogens is 3. The van der Waals surface area contributed by atoms with Crippen LogP contribution in [0.1, 0.15) is 35.1 Å². The van der Waals surface area contributed by atoms with Crippen molar-refractivity contribution in [2.75, 3.05) is 13.6 Å². The largest absolute Gasteiger partial charge is 0.341 e. The molecule has 3 heterocycles. The molecule has 0 saturated carbocycles. The summed E-state index contributed by atoms with van der Waals surface area (Å²) in [5.74, 6) is 1.71. The summed E-state index contributed by atoms with van der Waals surface area (Å²) in [5.41, 5.74) is 1.79. The molecule has 0 saturated heterocycles. The van der Waals surface area contributed by atoms with Crippen LogP contribution in [0.2, 0.25) is 0 Å². The van der Waals surface area contributed by atoms with E-state index < -0.39 is 0 Å². The van der Waals surface area contributed by atoms with E-state index in [9.17, 15) is 4.79 Å². The van der Waals surface area contributed by atoms with Gasteiger partial charge in [-0.05, 0) is 30.4 Å². The fourth-order valence-corrected chi connectivity index (χ4v) is 3.16. The van der Waals surface area contributed by atoms with E-state index >= 15 is 0 Å². The fourth-order valence-electron chi connectivity index (χ4n) is 3.16. The highest BCUT2D eigenvalue weighted by atomic mass is 16.2. The van der Waals surface area contributed by atoms with Crippen molar-refractivity contribution in [2.24, 2.45) is 5.92 Å². The lowest BCUT2D eigenvalue weighted by Crippen LogP contribution is -2.35. The highest BCUT2D eigenvalue weighted by Crippen LogP contribution is 2.21. The highest BCUT2D eigenvalue weighted by Gasteiger charge is 2.23. The molecular weight excluding hydrogens is 276 g/mol. The molecule has 1 aliphatic rings. The Morgan fingerprint density at radius 2 is 2.32 bits per heavy atom. The fraction of sp³-hybridized carbons (Fsp3) is 0.471. The zero-order valence-corrected chi connectivity index (χ0v) is 13.2. The smallest absolute Gasteiger partial charge is 0.253 e. The van der Waals surface area contributed by atoms with E-state index in [1.54, 1.807) is 12.4 Å². The van der Waals surface area contributed by atoms with Crippen LogP contribution in [-0.4, -0.2) is 38.9 Å². The van der Waals surface area contributed by atoms with Gasteiger partial charge in [0.15, 0.2) is 0 Å². The van der Waals surface area contributed by atoms with Crippen LogP contribution in [0.4, 0.5) is 0 Å². The number of hydrogen-bond acceptors (Lipinski definition) is 3. The normalized spacial score (nSPS) is 17.1. The lowest BCUT2D eigenvalue weighted by atomic mass is 9.97. The summed E-state index contributed by atoms with van der Waals surface area (Å²) >= 11 is 0. The van der Waals surface area contributed by atoms with E-state index in [4.69, 9.17) is 0 Å². The number of nitrogens with zero attached hydrogens (tertiary/aromatic N) is 4. The first-order valence-corrected chi connectivity index (χ1v) is 7.87. The van der Waals surface area contributed by atoms with Crippen molar-refractivity contribution >= 4 is 5.91 Å². The maximum atomic E-state index is 12.7. The summed E-state index contributed by atoms with van der Waals surface area (Å²) in [4.78, 5) is 23.0. The molecule has 2 aromatic rings. The zero-order chi connectivity index (χ0) is 15.5. The van der Waals surface area contributed by atoms with Crippen LogP contribution >= 0.6 is 0 Å². The number of hydrogen-bond donors (Lipinski definition) is 0. The van der Waals surface area contributed by atoms with E-state index in [-0.39, 0.29) is 5.91 Å². The molecule has 22 heavy (non-hydrogen) atoms. The van der Waals surface area contributed by atoms with Crippen LogP contribution in [0.3, 0.4) is 0 Å². The lowest BCUT2D eigenvalue weighted by Gasteiger charge is -2.28. The predicted octanol–water partition coefficient (Wildman–Crippen LogP) is 2.18.